The van der Waals surface area contributed by atoms with Gasteiger partial charge in [0.05, 0.1) is 28.3 Å². The summed E-state index contributed by atoms with van der Waals surface area (Å²) in [5, 5.41) is 1.67. The molecule has 1 atom stereocenters. The molecule has 0 amide bonds. The van der Waals surface area contributed by atoms with Crippen LogP contribution in [0.15, 0.2) is 46.0 Å². The zero-order valence-electron chi connectivity index (χ0n) is 9.11. The summed E-state index contributed by atoms with van der Waals surface area (Å²) in [7, 11) is 0. The average molecular weight is 276 g/mol. The van der Waals surface area contributed by atoms with Gasteiger partial charge in [-0.25, -0.2) is 9.97 Å². The Bertz CT molecular complexity index is 695. The molecule has 90 valence electrons. The Labute approximate surface area is 110 Å². The Morgan fingerprint density at radius 3 is 2.78 bits per heavy atom. The van der Waals surface area contributed by atoms with E-state index in [0.29, 0.717) is 14.4 Å². The molecule has 0 radical (unpaired) electrons. The number of hydrogen-bond acceptors (Lipinski definition) is 6. The van der Waals surface area contributed by atoms with Crippen LogP contribution in [0.1, 0.15) is 0 Å². The Balaban J connectivity index is 2.14. The number of rotatable bonds is 2. The molecule has 3 aromatic rings. The zero-order chi connectivity index (χ0) is 12.5. The predicted octanol–water partition coefficient (Wildman–Crippen LogP) is 1.84. The molecule has 2 aromatic heterocycles. The van der Waals surface area contributed by atoms with Gasteiger partial charge in [-0.1, -0.05) is 12.1 Å². The van der Waals surface area contributed by atoms with E-state index in [9.17, 15) is 4.55 Å². The fourth-order valence-corrected chi connectivity index (χ4v) is 3.65. The van der Waals surface area contributed by atoms with Crippen molar-refractivity contribution >= 4 is 38.5 Å². The molecule has 1 unspecified atom stereocenters. The number of aromatic nitrogens is 3. The van der Waals surface area contributed by atoms with Gasteiger partial charge in [0.2, 0.25) is 4.21 Å². The van der Waals surface area contributed by atoms with Crippen molar-refractivity contribution in [2.24, 2.45) is 0 Å². The van der Waals surface area contributed by atoms with E-state index in [1.807, 2.05) is 24.3 Å². The molecular formula is C11H8N4OS2. The second-order valence-corrected chi connectivity index (χ2v) is 6.17. The third-order valence-corrected chi connectivity index (χ3v) is 4.84. The highest BCUT2D eigenvalue weighted by Gasteiger charge is 2.22. The van der Waals surface area contributed by atoms with E-state index < -0.39 is 11.2 Å². The largest absolute Gasteiger partial charge is 0.605 e. The molecule has 3 rings (SSSR count). The summed E-state index contributed by atoms with van der Waals surface area (Å²) in [4.78, 5) is 12.2. The maximum absolute atomic E-state index is 12.4. The number of para-hydroxylation sites is 1. The summed E-state index contributed by atoms with van der Waals surface area (Å²) in [5.74, 6) is 0. The maximum atomic E-state index is 12.4. The Hall–Kier alpha value is -1.70. The Kier molecular flexibility index (Phi) is 2.86. The molecular weight excluding hydrogens is 268 g/mol. The lowest BCUT2D eigenvalue weighted by molar-refractivity contribution is 0.594. The van der Waals surface area contributed by atoms with Gasteiger partial charge in [-0.05, 0) is 23.5 Å². The zero-order valence-corrected chi connectivity index (χ0v) is 10.7. The average Bonchev–Trinajstić information content (AvgIpc) is 2.84. The minimum absolute atomic E-state index is 0.400. The van der Waals surface area contributed by atoms with E-state index in [0.717, 1.165) is 10.9 Å². The lowest BCUT2D eigenvalue weighted by atomic mass is 10.2. The summed E-state index contributed by atoms with van der Waals surface area (Å²) in [6.07, 6.45) is 2.94. The van der Waals surface area contributed by atoms with E-state index in [1.54, 1.807) is 0 Å². The quantitative estimate of drug-likeness (QED) is 0.570. The lowest BCUT2D eigenvalue weighted by Crippen LogP contribution is -2.04. The number of nitrogens with zero attached hydrogens (tertiary/aromatic N) is 3. The number of nitrogens with two attached hydrogens (primary N) is 1. The minimum atomic E-state index is -1.38. The number of anilines is 1. The highest BCUT2D eigenvalue weighted by Crippen LogP contribution is 2.29. The van der Waals surface area contributed by atoms with Gasteiger partial charge in [0, 0.05) is 0 Å². The van der Waals surface area contributed by atoms with Gasteiger partial charge in [-0.15, -0.1) is 0 Å². The second-order valence-electron chi connectivity index (χ2n) is 3.48. The van der Waals surface area contributed by atoms with Crippen LogP contribution in [-0.2, 0) is 11.2 Å². The normalized spacial score (nSPS) is 12.7. The van der Waals surface area contributed by atoms with Crippen molar-refractivity contribution in [3.63, 3.8) is 0 Å². The fraction of sp³-hybridized carbons (Fsp3) is 0. The van der Waals surface area contributed by atoms with Crippen LogP contribution in [0.3, 0.4) is 0 Å². The third-order valence-electron chi connectivity index (χ3n) is 2.37. The van der Waals surface area contributed by atoms with Crippen molar-refractivity contribution in [1.29, 1.82) is 0 Å². The molecule has 0 bridgehead atoms. The number of hydrogen-bond donors (Lipinski definition) is 1. The van der Waals surface area contributed by atoms with Gasteiger partial charge >= 0.3 is 0 Å². The third kappa shape index (κ3) is 1.92. The molecule has 7 heteroatoms. The van der Waals surface area contributed by atoms with Gasteiger partial charge in [0.1, 0.15) is 6.33 Å². The van der Waals surface area contributed by atoms with Crippen molar-refractivity contribution in [3.8, 4) is 0 Å². The summed E-state index contributed by atoms with van der Waals surface area (Å²) >= 11 is -0.170. The number of nitrogen functional groups attached to an aromatic ring is 1. The maximum Gasteiger partial charge on any atom is 0.262 e. The van der Waals surface area contributed by atoms with E-state index in [-0.39, 0.29) is 0 Å². The van der Waals surface area contributed by atoms with Crippen molar-refractivity contribution < 1.29 is 4.55 Å². The Morgan fingerprint density at radius 1 is 1.17 bits per heavy atom. The summed E-state index contributed by atoms with van der Waals surface area (Å²) in [6.45, 7) is 0. The highest BCUT2D eigenvalue weighted by atomic mass is 32.2. The number of benzene rings is 1. The first-order valence-corrected chi connectivity index (χ1v) is 7.05. The van der Waals surface area contributed by atoms with E-state index in [1.165, 1.54) is 23.9 Å². The summed E-state index contributed by atoms with van der Waals surface area (Å²) < 4.78 is 13.0. The lowest BCUT2D eigenvalue weighted by Gasteiger charge is -2.07. The van der Waals surface area contributed by atoms with Crippen molar-refractivity contribution in [1.82, 2.24) is 15.0 Å². The van der Waals surface area contributed by atoms with Crippen LogP contribution in [0.5, 0.6) is 0 Å². The minimum Gasteiger partial charge on any atom is -0.605 e. The van der Waals surface area contributed by atoms with E-state index in [4.69, 9.17) is 5.73 Å². The first kappa shape index (κ1) is 11.4. The van der Waals surface area contributed by atoms with E-state index >= 15 is 0 Å². The Morgan fingerprint density at radius 2 is 2.00 bits per heavy atom. The topological polar surface area (TPSA) is 87.8 Å². The first-order valence-electron chi connectivity index (χ1n) is 5.08. The molecule has 18 heavy (non-hydrogen) atoms. The number of thiazole rings is 1. The first-order chi connectivity index (χ1) is 8.75. The molecule has 0 fully saturated rings. The standard InChI is InChI=1S/C11H8N4OS2/c12-11-13-5-9(17-11)18(16)10-7-3-1-2-4-8(7)14-6-15-10/h1-6H,(H2,12,13). The monoisotopic (exact) mass is 276 g/mol. The summed E-state index contributed by atoms with van der Waals surface area (Å²) in [6, 6.07) is 7.46. The fourth-order valence-electron chi connectivity index (χ4n) is 1.58. The van der Waals surface area contributed by atoms with Gasteiger partial charge in [-0.3, -0.25) is 0 Å². The molecule has 0 saturated carbocycles. The van der Waals surface area contributed by atoms with Crippen molar-refractivity contribution in [2.45, 2.75) is 9.24 Å². The molecule has 2 N–H and O–H groups in total. The van der Waals surface area contributed by atoms with Crippen LogP contribution in [0, 0.1) is 0 Å². The molecule has 0 spiro atoms. The van der Waals surface area contributed by atoms with Crippen molar-refractivity contribution in [2.75, 3.05) is 5.73 Å². The molecule has 0 saturated heterocycles. The molecule has 0 aliphatic carbocycles. The van der Waals surface area contributed by atoms with Crippen LogP contribution in [-0.4, -0.2) is 19.5 Å². The molecule has 2 heterocycles. The van der Waals surface area contributed by atoms with Gasteiger partial charge in [0.25, 0.3) is 5.03 Å². The molecule has 5 nitrogen and oxygen atoms in total. The van der Waals surface area contributed by atoms with Crippen LogP contribution < -0.4 is 5.73 Å². The highest BCUT2D eigenvalue weighted by molar-refractivity contribution is 7.93. The SMILES string of the molecule is Nc1ncc([S+]([O-])c2ncnc3ccccc23)s1. The van der Waals surface area contributed by atoms with Crippen LogP contribution in [0.4, 0.5) is 5.13 Å². The molecule has 1 aromatic carbocycles. The van der Waals surface area contributed by atoms with Crippen LogP contribution in [0.2, 0.25) is 0 Å². The molecule has 0 aliphatic heterocycles. The van der Waals surface area contributed by atoms with Gasteiger partial charge in [-0.2, -0.15) is 4.98 Å². The van der Waals surface area contributed by atoms with Crippen LogP contribution in [0.25, 0.3) is 10.9 Å². The summed E-state index contributed by atoms with van der Waals surface area (Å²) in [5.41, 5.74) is 6.32. The number of fused-ring (bicyclic) bond motifs is 1. The van der Waals surface area contributed by atoms with Gasteiger partial charge < -0.3 is 10.3 Å². The molecule has 0 aliphatic rings. The van der Waals surface area contributed by atoms with E-state index in [2.05, 4.69) is 15.0 Å². The second kappa shape index (κ2) is 4.52. The predicted molar refractivity (Wildman–Crippen MR) is 70.7 cm³/mol. The smallest absolute Gasteiger partial charge is 0.262 e. The van der Waals surface area contributed by atoms with Crippen molar-refractivity contribution in [3.05, 3.63) is 36.8 Å². The van der Waals surface area contributed by atoms with Gasteiger partial charge in [0.15, 0.2) is 5.13 Å². The van der Waals surface area contributed by atoms with Crippen LogP contribution >= 0.6 is 11.3 Å².